The van der Waals surface area contributed by atoms with Gasteiger partial charge in [-0.3, -0.25) is 0 Å². The van der Waals surface area contributed by atoms with Gasteiger partial charge in [0.05, 0.1) is 18.1 Å². The summed E-state index contributed by atoms with van der Waals surface area (Å²) in [5.74, 6) is 0.665. The van der Waals surface area contributed by atoms with Crippen LogP contribution < -0.4 is 0 Å². The van der Waals surface area contributed by atoms with E-state index in [2.05, 4.69) is 27.4 Å². The third kappa shape index (κ3) is 2.26. The van der Waals surface area contributed by atoms with E-state index in [1.807, 2.05) is 12.3 Å². The van der Waals surface area contributed by atoms with Crippen molar-refractivity contribution in [1.82, 2.24) is 0 Å². The number of ether oxygens (including phenoxy) is 4. The molecular weight excluding hydrogens is 428 g/mol. The Morgan fingerprint density at radius 3 is 2.81 bits per heavy atom. The third-order valence-corrected chi connectivity index (χ3v) is 10.1. The van der Waals surface area contributed by atoms with Gasteiger partial charge in [0.25, 0.3) is 0 Å². The number of hydrogen-bond donors (Lipinski definition) is 1. The normalized spacial score (nSPS) is 52.4. The zero-order valence-electron chi connectivity index (χ0n) is 19.4. The predicted octanol–water partition coefficient (Wildman–Crippen LogP) is 3.38. The fourth-order valence-electron chi connectivity index (χ4n) is 8.11. The maximum atomic E-state index is 12.7. The summed E-state index contributed by atoms with van der Waals surface area (Å²) in [5, 5.41) is 12.7. The average Bonchev–Trinajstić information content (AvgIpc) is 3.62. The van der Waals surface area contributed by atoms with E-state index in [0.29, 0.717) is 25.2 Å². The molecule has 2 saturated carbocycles. The van der Waals surface area contributed by atoms with Gasteiger partial charge in [-0.2, -0.15) is 0 Å². The van der Waals surface area contributed by atoms with E-state index in [0.717, 1.165) is 24.0 Å². The van der Waals surface area contributed by atoms with E-state index in [1.165, 1.54) is 0 Å². The topological polar surface area (TPSA) is 80.8 Å². The van der Waals surface area contributed by atoms with Gasteiger partial charge >= 0.3 is 5.97 Å². The molecule has 3 aliphatic heterocycles. The number of hydrogen-bond acceptors (Lipinski definition) is 7. The van der Waals surface area contributed by atoms with Gasteiger partial charge in [0, 0.05) is 23.8 Å². The summed E-state index contributed by atoms with van der Waals surface area (Å²) in [6, 6.07) is 0. The fraction of sp³-hybridized carbons (Fsp3) is 0.800. The highest BCUT2D eigenvalue weighted by molar-refractivity contribution is 7.98. The lowest BCUT2D eigenvalue weighted by molar-refractivity contribution is -0.219. The Morgan fingerprint density at radius 2 is 2.12 bits per heavy atom. The molecule has 3 aliphatic carbocycles. The Balaban J connectivity index is 1.44. The summed E-state index contributed by atoms with van der Waals surface area (Å²) < 4.78 is 25.2. The van der Waals surface area contributed by atoms with Crippen molar-refractivity contribution in [2.45, 2.75) is 94.1 Å². The molecule has 1 N–H and O–H groups in total. The van der Waals surface area contributed by atoms with Crippen molar-refractivity contribution >= 4 is 17.7 Å². The molecule has 3 heterocycles. The van der Waals surface area contributed by atoms with Gasteiger partial charge in [0.2, 0.25) is 0 Å². The average molecular weight is 463 g/mol. The molecule has 1 spiro atoms. The van der Waals surface area contributed by atoms with Crippen LogP contribution in [0.15, 0.2) is 23.8 Å². The molecule has 0 radical (unpaired) electrons. The minimum atomic E-state index is -1.08. The van der Waals surface area contributed by atoms with Crippen molar-refractivity contribution in [3.63, 3.8) is 0 Å². The van der Waals surface area contributed by atoms with Crippen LogP contribution in [0.25, 0.3) is 0 Å². The lowest BCUT2D eigenvalue weighted by Crippen LogP contribution is -2.74. The number of carbonyl (C=O) groups excluding carboxylic acids is 1. The summed E-state index contributed by atoms with van der Waals surface area (Å²) >= 11 is 1.64. The first kappa shape index (κ1) is 21.7. The molecule has 0 bridgehead atoms. The second-order valence-corrected chi connectivity index (χ2v) is 11.9. The van der Waals surface area contributed by atoms with Crippen LogP contribution in [0.4, 0.5) is 0 Å². The van der Waals surface area contributed by atoms with E-state index >= 15 is 0 Å². The second kappa shape index (κ2) is 6.63. The molecular formula is C25H34O6S. The highest BCUT2D eigenvalue weighted by Crippen LogP contribution is 2.76. The molecule has 9 atom stereocenters. The molecule has 7 heteroatoms. The Labute approximate surface area is 194 Å². The molecule has 0 aromatic heterocycles. The summed E-state index contributed by atoms with van der Waals surface area (Å²) in [6.45, 7) is 10.4. The quantitative estimate of drug-likeness (QED) is 0.280. The predicted molar refractivity (Wildman–Crippen MR) is 120 cm³/mol. The van der Waals surface area contributed by atoms with Gasteiger partial charge in [0.1, 0.15) is 23.4 Å². The van der Waals surface area contributed by atoms with Crippen molar-refractivity contribution < 1.29 is 28.8 Å². The Bertz CT molecular complexity index is 916. The molecule has 1 unspecified atom stereocenters. The number of rotatable bonds is 6. The lowest BCUT2D eigenvalue weighted by Gasteiger charge is -2.60. The first-order valence-corrected chi connectivity index (χ1v) is 13.3. The van der Waals surface area contributed by atoms with Gasteiger partial charge in [0.15, 0.2) is 5.60 Å². The molecule has 6 rings (SSSR count). The molecule has 6 aliphatic rings. The summed E-state index contributed by atoms with van der Waals surface area (Å²) in [4.78, 5) is 12.6. The van der Waals surface area contributed by atoms with E-state index < -0.39 is 22.2 Å². The first-order chi connectivity index (χ1) is 15.2. The van der Waals surface area contributed by atoms with Gasteiger partial charge in [-0.15, -0.1) is 18.3 Å². The largest absolute Gasteiger partial charge is 0.454 e. The summed E-state index contributed by atoms with van der Waals surface area (Å²) in [5.41, 5.74) is -0.764. The smallest absolute Gasteiger partial charge is 0.334 e. The minimum Gasteiger partial charge on any atom is -0.454 e. The summed E-state index contributed by atoms with van der Waals surface area (Å²) in [7, 11) is 0. The second-order valence-electron chi connectivity index (χ2n) is 11.1. The Hall–Kier alpha value is -0.860. The number of esters is 1. The number of fused-ring (bicyclic) bond motifs is 4. The van der Waals surface area contributed by atoms with Gasteiger partial charge in [-0.1, -0.05) is 26.8 Å². The van der Waals surface area contributed by atoms with Crippen LogP contribution in [0.1, 0.15) is 52.9 Å². The Morgan fingerprint density at radius 1 is 1.34 bits per heavy atom. The van der Waals surface area contributed by atoms with Crippen molar-refractivity contribution in [3.05, 3.63) is 23.8 Å². The number of aliphatic hydroxyl groups is 1. The van der Waals surface area contributed by atoms with Crippen molar-refractivity contribution in [3.8, 4) is 0 Å². The SMILES string of the molecule is C=CCC1OC(=O)C2=C1[C@@H]1C[C@@H]3O[C@@]34[C@H](OCSC)[C@@]3(C(C)C)O[C@H]3C[C@@]4(O)[C@@]1(C)CC2. The highest BCUT2D eigenvalue weighted by Gasteiger charge is 2.91. The third-order valence-electron chi connectivity index (χ3n) is 9.74. The molecule has 32 heavy (non-hydrogen) atoms. The first-order valence-electron chi connectivity index (χ1n) is 11.9. The zero-order chi connectivity index (χ0) is 22.7. The van der Waals surface area contributed by atoms with Crippen LogP contribution in [-0.4, -0.2) is 64.5 Å². The standard InChI is InChI=1S/C25H34O6S/c1-6-7-16-19-14(20(26)29-16)8-9-22(4)15(19)10-17-25(31-17)21(28-12-32-5)24(13(2)3)18(30-24)11-23(22,25)27/h6,13,15-18,21,27H,1,7-12H2,2-5H3/t15-,16?,17-,18-,21+,22-,23+,24-,25+/m0/s1. The van der Waals surface area contributed by atoms with Crippen LogP contribution in [0.3, 0.4) is 0 Å². The van der Waals surface area contributed by atoms with Gasteiger partial charge < -0.3 is 24.1 Å². The fourth-order valence-corrected chi connectivity index (χ4v) is 8.38. The molecule has 0 aromatic carbocycles. The summed E-state index contributed by atoms with van der Waals surface area (Å²) in [6.07, 6.45) is 6.43. The van der Waals surface area contributed by atoms with Crippen LogP contribution >= 0.6 is 11.8 Å². The molecule has 0 aromatic rings. The molecule has 4 fully saturated rings. The van der Waals surface area contributed by atoms with Crippen LogP contribution in [0.5, 0.6) is 0 Å². The Kier molecular flexibility index (Phi) is 4.49. The number of epoxide rings is 2. The van der Waals surface area contributed by atoms with E-state index in [-0.39, 0.29) is 42.2 Å². The minimum absolute atomic E-state index is 0.0359. The lowest BCUT2D eigenvalue weighted by atomic mass is 9.44. The van der Waals surface area contributed by atoms with E-state index in [9.17, 15) is 9.90 Å². The molecule has 0 amide bonds. The maximum Gasteiger partial charge on any atom is 0.334 e. The van der Waals surface area contributed by atoms with E-state index in [4.69, 9.17) is 18.9 Å². The van der Waals surface area contributed by atoms with Gasteiger partial charge in [-0.25, -0.2) is 4.79 Å². The van der Waals surface area contributed by atoms with Crippen molar-refractivity contribution in [2.24, 2.45) is 17.3 Å². The van der Waals surface area contributed by atoms with Gasteiger partial charge in [-0.05, 0) is 42.9 Å². The number of thioether (sulfide) groups is 1. The van der Waals surface area contributed by atoms with Crippen molar-refractivity contribution in [2.75, 3.05) is 12.2 Å². The van der Waals surface area contributed by atoms with Crippen LogP contribution in [0, 0.1) is 17.3 Å². The molecule has 176 valence electrons. The van der Waals surface area contributed by atoms with E-state index in [1.54, 1.807) is 11.8 Å². The van der Waals surface area contributed by atoms with Crippen LogP contribution in [0.2, 0.25) is 0 Å². The number of carbonyl (C=O) groups is 1. The molecule has 2 saturated heterocycles. The number of cyclic esters (lactones) is 1. The molecule has 6 nitrogen and oxygen atoms in total. The van der Waals surface area contributed by atoms with Crippen LogP contribution in [-0.2, 0) is 23.7 Å². The monoisotopic (exact) mass is 462 g/mol. The zero-order valence-corrected chi connectivity index (χ0v) is 20.2. The van der Waals surface area contributed by atoms with Crippen molar-refractivity contribution in [1.29, 1.82) is 0 Å². The maximum absolute atomic E-state index is 12.7. The highest BCUT2D eigenvalue weighted by atomic mass is 32.2.